The van der Waals surface area contributed by atoms with Gasteiger partial charge in [0.25, 0.3) is 5.91 Å². The van der Waals surface area contributed by atoms with E-state index >= 15 is 0 Å². The van der Waals surface area contributed by atoms with Gasteiger partial charge in [0.2, 0.25) is 0 Å². The number of aryl methyl sites for hydroxylation is 1. The summed E-state index contributed by atoms with van der Waals surface area (Å²) >= 11 is 3.59. The summed E-state index contributed by atoms with van der Waals surface area (Å²) in [6.45, 7) is 3.68. The van der Waals surface area contributed by atoms with Crippen LogP contribution in [0.4, 0.5) is 11.4 Å². The minimum atomic E-state index is -0.0474. The van der Waals surface area contributed by atoms with Crippen LogP contribution in [0.15, 0.2) is 46.9 Å². The molecule has 1 heterocycles. The number of nitrogens with one attached hydrogen (secondary N) is 1. The number of hydrogen-bond acceptors (Lipinski definition) is 3. The molecule has 2 aromatic carbocycles. The first-order valence-corrected chi connectivity index (χ1v) is 8.50. The Morgan fingerprint density at radius 1 is 1.30 bits per heavy atom. The number of amides is 1. The Hall–Kier alpha value is -2.01. The fourth-order valence-corrected chi connectivity index (χ4v) is 3.49. The number of para-hydroxylation sites is 1. The summed E-state index contributed by atoms with van der Waals surface area (Å²) in [5.74, 6) is -0.0474. The van der Waals surface area contributed by atoms with Crippen molar-refractivity contribution >= 4 is 33.2 Å². The molecule has 0 aromatic heterocycles. The number of nitrogen functional groups attached to an aromatic ring is 1. The third kappa shape index (κ3) is 3.50. The maximum Gasteiger partial charge on any atom is 0.251 e. The van der Waals surface area contributed by atoms with Gasteiger partial charge in [0.15, 0.2) is 0 Å². The van der Waals surface area contributed by atoms with E-state index in [9.17, 15) is 4.79 Å². The molecule has 4 nitrogen and oxygen atoms in total. The van der Waals surface area contributed by atoms with E-state index in [4.69, 9.17) is 5.73 Å². The fourth-order valence-electron chi connectivity index (χ4n) is 2.95. The number of benzene rings is 2. The van der Waals surface area contributed by atoms with Crippen LogP contribution >= 0.6 is 15.9 Å². The zero-order valence-electron chi connectivity index (χ0n) is 13.1. The van der Waals surface area contributed by atoms with Crippen LogP contribution in [-0.4, -0.2) is 25.0 Å². The van der Waals surface area contributed by atoms with Crippen molar-refractivity contribution < 1.29 is 4.79 Å². The monoisotopic (exact) mass is 373 g/mol. The van der Waals surface area contributed by atoms with Crippen LogP contribution in [0.5, 0.6) is 0 Å². The van der Waals surface area contributed by atoms with E-state index in [1.54, 1.807) is 6.07 Å². The lowest BCUT2D eigenvalue weighted by Gasteiger charge is -2.20. The largest absolute Gasteiger partial charge is 0.399 e. The molecule has 0 aliphatic carbocycles. The van der Waals surface area contributed by atoms with E-state index in [2.05, 4.69) is 32.2 Å². The van der Waals surface area contributed by atoms with Crippen molar-refractivity contribution in [2.45, 2.75) is 19.4 Å². The smallest absolute Gasteiger partial charge is 0.251 e. The zero-order chi connectivity index (χ0) is 16.4. The Morgan fingerprint density at radius 3 is 2.87 bits per heavy atom. The molecule has 1 saturated heterocycles. The van der Waals surface area contributed by atoms with Crippen LogP contribution in [0, 0.1) is 6.92 Å². The Balaban J connectivity index is 1.67. The first-order valence-electron chi connectivity index (χ1n) is 7.71. The Labute approximate surface area is 144 Å². The van der Waals surface area contributed by atoms with Crippen molar-refractivity contribution in [2.24, 2.45) is 0 Å². The van der Waals surface area contributed by atoms with Crippen molar-refractivity contribution in [1.29, 1.82) is 0 Å². The number of halogens is 1. The van der Waals surface area contributed by atoms with Crippen molar-refractivity contribution in [3.8, 4) is 0 Å². The molecule has 1 aliphatic rings. The quantitative estimate of drug-likeness (QED) is 0.811. The molecular formula is C18H20BrN3O. The molecule has 1 fully saturated rings. The summed E-state index contributed by atoms with van der Waals surface area (Å²) in [5, 5.41) is 3.13. The zero-order valence-corrected chi connectivity index (χ0v) is 14.6. The molecule has 0 radical (unpaired) electrons. The van der Waals surface area contributed by atoms with Crippen LogP contribution in [-0.2, 0) is 0 Å². The second-order valence-corrected chi connectivity index (χ2v) is 6.79. The topological polar surface area (TPSA) is 58.4 Å². The molecule has 120 valence electrons. The number of hydrogen-bond donors (Lipinski definition) is 2. The molecule has 0 spiro atoms. The molecule has 0 bridgehead atoms. The minimum Gasteiger partial charge on any atom is -0.399 e. The number of carbonyl (C=O) groups excluding carboxylic acids is 1. The summed E-state index contributed by atoms with van der Waals surface area (Å²) in [6, 6.07) is 13.8. The summed E-state index contributed by atoms with van der Waals surface area (Å²) in [6.07, 6.45) is 0.939. The molecule has 1 atom stereocenters. The van der Waals surface area contributed by atoms with Crippen LogP contribution in [0.25, 0.3) is 0 Å². The molecule has 5 heteroatoms. The van der Waals surface area contributed by atoms with Crippen LogP contribution in [0.1, 0.15) is 22.3 Å². The highest BCUT2D eigenvalue weighted by Gasteiger charge is 2.25. The van der Waals surface area contributed by atoms with Crippen molar-refractivity contribution in [3.63, 3.8) is 0 Å². The van der Waals surface area contributed by atoms with Crippen LogP contribution < -0.4 is 16.0 Å². The molecule has 0 saturated carbocycles. The highest BCUT2D eigenvalue weighted by Crippen LogP contribution is 2.28. The number of rotatable bonds is 3. The van der Waals surface area contributed by atoms with Crippen LogP contribution in [0.3, 0.4) is 0 Å². The summed E-state index contributed by atoms with van der Waals surface area (Å²) < 4.78 is 1.08. The fraction of sp³-hybridized carbons (Fsp3) is 0.278. The minimum absolute atomic E-state index is 0.0474. The summed E-state index contributed by atoms with van der Waals surface area (Å²) in [4.78, 5) is 14.8. The van der Waals surface area contributed by atoms with Gasteiger partial charge in [-0.3, -0.25) is 4.79 Å². The average molecular weight is 374 g/mol. The second kappa shape index (κ2) is 6.62. The van der Waals surface area contributed by atoms with Crippen molar-refractivity contribution in [3.05, 3.63) is 58.1 Å². The van der Waals surface area contributed by atoms with E-state index in [1.165, 1.54) is 5.69 Å². The van der Waals surface area contributed by atoms with Crippen LogP contribution in [0.2, 0.25) is 0 Å². The molecule has 1 aliphatic heterocycles. The maximum absolute atomic E-state index is 12.5. The van der Waals surface area contributed by atoms with Gasteiger partial charge >= 0.3 is 0 Å². The van der Waals surface area contributed by atoms with E-state index in [-0.39, 0.29) is 11.9 Å². The summed E-state index contributed by atoms with van der Waals surface area (Å²) in [7, 11) is 0. The third-order valence-electron chi connectivity index (χ3n) is 4.22. The Morgan fingerprint density at radius 2 is 2.09 bits per heavy atom. The van der Waals surface area contributed by atoms with Gasteiger partial charge < -0.3 is 16.0 Å². The van der Waals surface area contributed by atoms with Crippen molar-refractivity contribution in [1.82, 2.24) is 5.32 Å². The van der Waals surface area contributed by atoms with Gasteiger partial charge in [0.1, 0.15) is 0 Å². The predicted octanol–water partition coefficient (Wildman–Crippen LogP) is 3.35. The molecule has 1 amide bonds. The lowest BCUT2D eigenvalue weighted by molar-refractivity contribution is 0.0940. The van der Waals surface area contributed by atoms with Gasteiger partial charge in [-0.1, -0.05) is 18.2 Å². The highest BCUT2D eigenvalue weighted by molar-refractivity contribution is 9.10. The van der Waals surface area contributed by atoms with Gasteiger partial charge in [0.05, 0.1) is 5.69 Å². The Kier molecular flexibility index (Phi) is 4.57. The molecular weight excluding hydrogens is 354 g/mol. The van der Waals surface area contributed by atoms with E-state index in [0.717, 1.165) is 29.5 Å². The standard InChI is InChI=1S/C18H20BrN3O/c1-12-6-7-13(20)10-15(12)18(23)21-14-8-9-22(11-14)17-5-3-2-4-16(17)19/h2-7,10,14H,8-9,11,20H2,1H3,(H,21,23). The van der Waals surface area contributed by atoms with Gasteiger partial charge in [-0.15, -0.1) is 0 Å². The number of nitrogens with zero attached hydrogens (tertiary/aromatic N) is 1. The van der Waals surface area contributed by atoms with E-state index in [0.29, 0.717) is 11.3 Å². The third-order valence-corrected chi connectivity index (χ3v) is 4.89. The summed E-state index contributed by atoms with van der Waals surface area (Å²) in [5.41, 5.74) is 9.18. The molecule has 3 N–H and O–H groups in total. The van der Waals surface area contributed by atoms with Gasteiger partial charge in [0, 0.05) is 34.9 Å². The molecule has 2 aromatic rings. The Bertz CT molecular complexity index is 732. The molecule has 3 rings (SSSR count). The lowest BCUT2D eigenvalue weighted by atomic mass is 10.1. The SMILES string of the molecule is Cc1ccc(N)cc1C(=O)NC1CCN(c2ccccc2Br)C1. The maximum atomic E-state index is 12.5. The van der Waals surface area contributed by atoms with E-state index in [1.807, 2.05) is 37.3 Å². The number of carbonyl (C=O) groups is 1. The molecule has 23 heavy (non-hydrogen) atoms. The average Bonchev–Trinajstić information content (AvgIpc) is 2.98. The number of anilines is 2. The van der Waals surface area contributed by atoms with Gasteiger partial charge in [-0.25, -0.2) is 0 Å². The number of nitrogens with two attached hydrogens (primary N) is 1. The second-order valence-electron chi connectivity index (χ2n) is 5.93. The molecule has 1 unspecified atom stereocenters. The predicted molar refractivity (Wildman–Crippen MR) is 97.8 cm³/mol. The first-order chi connectivity index (χ1) is 11.0. The van der Waals surface area contributed by atoms with E-state index < -0.39 is 0 Å². The first kappa shape index (κ1) is 15.9. The lowest BCUT2D eigenvalue weighted by Crippen LogP contribution is -2.37. The highest BCUT2D eigenvalue weighted by atomic mass is 79.9. The van der Waals surface area contributed by atoms with Gasteiger partial charge in [-0.05, 0) is 59.1 Å². The van der Waals surface area contributed by atoms with Crippen molar-refractivity contribution in [2.75, 3.05) is 23.7 Å². The van der Waals surface area contributed by atoms with Gasteiger partial charge in [-0.2, -0.15) is 0 Å². The normalized spacial score (nSPS) is 17.3.